The van der Waals surface area contributed by atoms with E-state index in [1.165, 1.54) is 0 Å². The van der Waals surface area contributed by atoms with Gasteiger partial charge in [0.1, 0.15) is 11.6 Å². The lowest BCUT2D eigenvalue weighted by Gasteiger charge is -2.26. The third-order valence-electron chi connectivity index (χ3n) is 6.37. The zero-order chi connectivity index (χ0) is 25.8. The number of carbonyl (C=O) groups is 2. The Bertz CT molecular complexity index is 1300. The molecular formula is C27H31F2N5O2. The minimum atomic E-state index is -0.943. The minimum absolute atomic E-state index is 0.0520. The van der Waals surface area contributed by atoms with E-state index in [-0.39, 0.29) is 23.5 Å². The molecule has 1 aromatic heterocycles. The predicted octanol–water partition coefficient (Wildman–Crippen LogP) is 4.55. The van der Waals surface area contributed by atoms with Gasteiger partial charge >= 0.3 is 0 Å². The van der Waals surface area contributed by atoms with Crippen molar-refractivity contribution in [1.29, 1.82) is 0 Å². The highest BCUT2D eigenvalue weighted by Crippen LogP contribution is 2.32. The molecule has 0 bridgehead atoms. The molecule has 1 aliphatic rings. The summed E-state index contributed by atoms with van der Waals surface area (Å²) in [6, 6.07) is 8.41. The van der Waals surface area contributed by atoms with E-state index in [4.69, 9.17) is 0 Å². The zero-order valence-corrected chi connectivity index (χ0v) is 20.8. The van der Waals surface area contributed by atoms with Gasteiger partial charge in [-0.25, -0.2) is 13.8 Å². The van der Waals surface area contributed by atoms with Gasteiger partial charge in [0, 0.05) is 31.8 Å². The number of aromatic nitrogens is 2. The van der Waals surface area contributed by atoms with Gasteiger partial charge in [-0.3, -0.25) is 14.9 Å². The van der Waals surface area contributed by atoms with E-state index in [2.05, 4.69) is 10.3 Å². The van der Waals surface area contributed by atoms with Gasteiger partial charge in [-0.05, 0) is 64.0 Å². The van der Waals surface area contributed by atoms with Gasteiger partial charge < -0.3 is 14.4 Å². The fraction of sp³-hybridized carbons (Fsp3) is 0.370. The Morgan fingerprint density at radius 3 is 2.75 bits per heavy atom. The molecule has 9 heteroatoms. The van der Waals surface area contributed by atoms with E-state index in [9.17, 15) is 18.4 Å². The molecule has 1 unspecified atom stereocenters. The smallest absolute Gasteiger partial charge is 0.260 e. The summed E-state index contributed by atoms with van der Waals surface area (Å²) in [6.45, 7) is 3.74. The molecule has 2 aromatic carbocycles. The van der Waals surface area contributed by atoms with Crippen molar-refractivity contribution < 1.29 is 18.4 Å². The van der Waals surface area contributed by atoms with Crippen LogP contribution in [0.2, 0.25) is 0 Å². The largest absolute Gasteiger partial charge is 0.337 e. The number of likely N-dealkylation sites (tertiary alicyclic amines) is 1. The fourth-order valence-corrected chi connectivity index (χ4v) is 4.61. The maximum atomic E-state index is 14.3. The molecule has 3 aromatic rings. The van der Waals surface area contributed by atoms with Crippen molar-refractivity contribution in [2.45, 2.75) is 32.2 Å². The van der Waals surface area contributed by atoms with Gasteiger partial charge in [0.2, 0.25) is 11.9 Å². The van der Waals surface area contributed by atoms with E-state index >= 15 is 0 Å². The second-order valence-electron chi connectivity index (χ2n) is 9.42. The lowest BCUT2D eigenvalue weighted by Crippen LogP contribution is -2.35. The monoisotopic (exact) mass is 495 g/mol. The number of amides is 2. The summed E-state index contributed by atoms with van der Waals surface area (Å²) in [5.41, 5.74) is 2.25. The summed E-state index contributed by atoms with van der Waals surface area (Å²) in [5, 5.41) is 2.74. The number of fused-ring (bicyclic) bond motifs is 1. The van der Waals surface area contributed by atoms with Crippen LogP contribution in [0.1, 0.15) is 41.2 Å². The summed E-state index contributed by atoms with van der Waals surface area (Å²) in [5.74, 6) is -2.19. The lowest BCUT2D eigenvalue weighted by molar-refractivity contribution is -0.126. The van der Waals surface area contributed by atoms with Crippen LogP contribution in [0.3, 0.4) is 0 Å². The molecular weight excluding hydrogens is 464 g/mol. The highest BCUT2D eigenvalue weighted by molar-refractivity contribution is 6.04. The van der Waals surface area contributed by atoms with Gasteiger partial charge in [0.25, 0.3) is 5.91 Å². The van der Waals surface area contributed by atoms with E-state index in [1.54, 1.807) is 6.08 Å². The molecule has 1 aliphatic heterocycles. The van der Waals surface area contributed by atoms with Gasteiger partial charge in [0.05, 0.1) is 22.6 Å². The van der Waals surface area contributed by atoms with Gasteiger partial charge in [-0.1, -0.05) is 18.2 Å². The van der Waals surface area contributed by atoms with Crippen molar-refractivity contribution in [2.24, 2.45) is 0 Å². The van der Waals surface area contributed by atoms with Crippen molar-refractivity contribution in [3.63, 3.8) is 0 Å². The van der Waals surface area contributed by atoms with E-state index in [0.29, 0.717) is 31.2 Å². The molecule has 190 valence electrons. The molecule has 0 saturated carbocycles. The number of nitrogens with one attached hydrogen (secondary N) is 1. The minimum Gasteiger partial charge on any atom is -0.337 e. The van der Waals surface area contributed by atoms with Crippen LogP contribution in [-0.4, -0.2) is 64.9 Å². The van der Waals surface area contributed by atoms with Crippen molar-refractivity contribution in [2.75, 3.05) is 39.0 Å². The summed E-state index contributed by atoms with van der Waals surface area (Å²) in [4.78, 5) is 34.4. The number of para-hydroxylation sites is 1. The summed E-state index contributed by atoms with van der Waals surface area (Å²) >= 11 is 0. The molecule has 4 rings (SSSR count). The number of benzene rings is 2. The Morgan fingerprint density at radius 1 is 1.19 bits per heavy atom. The quantitative estimate of drug-likeness (QED) is 0.510. The normalized spacial score (nSPS) is 16.6. The van der Waals surface area contributed by atoms with Crippen molar-refractivity contribution in [3.8, 4) is 0 Å². The second kappa shape index (κ2) is 11.0. The first-order valence-corrected chi connectivity index (χ1v) is 12.1. The van der Waals surface area contributed by atoms with Crippen LogP contribution in [0.25, 0.3) is 11.0 Å². The highest BCUT2D eigenvalue weighted by atomic mass is 19.1. The molecule has 36 heavy (non-hydrogen) atoms. The number of likely N-dealkylation sites (N-methyl/N-ethyl adjacent to an activating group) is 1. The molecule has 1 atom stereocenters. The standard InChI is InChI=1S/C27H31F2N5O2/c1-18-8-6-10-23-25(18)34(27(30-23)31-26(36)21-13-12-19(28)16-22(21)29)20-9-4-5-15-33(17-20)24(35)11-7-14-32(2)3/h6-8,10-13,16,20H,4-5,9,14-15,17H2,1-3H3,(H,30,31,36)/b11-7+. The third kappa shape index (κ3) is 5.62. The van der Waals surface area contributed by atoms with Gasteiger partial charge in [-0.15, -0.1) is 0 Å². The van der Waals surface area contributed by atoms with Crippen LogP contribution in [0.15, 0.2) is 48.6 Å². The summed E-state index contributed by atoms with van der Waals surface area (Å²) in [6.07, 6.45) is 6.03. The SMILES string of the molecule is Cc1cccc2nc(NC(=O)c3ccc(F)cc3F)n(C3CCCCN(C(=O)/C=C/CN(C)C)C3)c12. The number of halogens is 2. The molecule has 0 radical (unpaired) electrons. The average molecular weight is 496 g/mol. The van der Waals surface area contributed by atoms with Crippen LogP contribution in [0.5, 0.6) is 0 Å². The first-order chi connectivity index (χ1) is 17.2. The number of aryl methyl sites for hydroxylation is 1. The number of hydrogen-bond donors (Lipinski definition) is 1. The Hall–Kier alpha value is -3.59. The topological polar surface area (TPSA) is 70.5 Å². The Balaban J connectivity index is 1.69. The predicted molar refractivity (Wildman–Crippen MR) is 136 cm³/mol. The molecule has 7 nitrogen and oxygen atoms in total. The first-order valence-electron chi connectivity index (χ1n) is 12.1. The number of nitrogens with zero attached hydrogens (tertiary/aromatic N) is 4. The van der Waals surface area contributed by atoms with Crippen LogP contribution >= 0.6 is 0 Å². The molecule has 0 spiro atoms. The van der Waals surface area contributed by atoms with E-state index in [1.807, 2.05) is 59.7 Å². The molecule has 0 aliphatic carbocycles. The first kappa shape index (κ1) is 25.5. The van der Waals surface area contributed by atoms with Crippen LogP contribution < -0.4 is 5.32 Å². The van der Waals surface area contributed by atoms with Crippen LogP contribution in [0, 0.1) is 18.6 Å². The average Bonchev–Trinajstić information content (AvgIpc) is 3.01. The Labute approximate surface area is 209 Å². The van der Waals surface area contributed by atoms with Crippen LogP contribution in [0.4, 0.5) is 14.7 Å². The van der Waals surface area contributed by atoms with Crippen molar-refractivity contribution >= 4 is 28.8 Å². The summed E-state index contributed by atoms with van der Waals surface area (Å²) in [7, 11) is 3.88. The van der Waals surface area contributed by atoms with Gasteiger partial charge in [0.15, 0.2) is 0 Å². The van der Waals surface area contributed by atoms with Crippen molar-refractivity contribution in [3.05, 3.63) is 71.3 Å². The number of carbonyl (C=O) groups excluding carboxylic acids is 2. The van der Waals surface area contributed by atoms with E-state index < -0.39 is 17.5 Å². The number of rotatable bonds is 6. The number of anilines is 1. The fourth-order valence-electron chi connectivity index (χ4n) is 4.61. The molecule has 1 fully saturated rings. The second-order valence-corrected chi connectivity index (χ2v) is 9.42. The lowest BCUT2D eigenvalue weighted by atomic mass is 10.1. The van der Waals surface area contributed by atoms with Crippen LogP contribution in [-0.2, 0) is 4.79 Å². The molecule has 1 N–H and O–H groups in total. The van der Waals surface area contributed by atoms with Crippen molar-refractivity contribution in [1.82, 2.24) is 19.4 Å². The Morgan fingerprint density at radius 2 is 2.00 bits per heavy atom. The number of hydrogen-bond acceptors (Lipinski definition) is 4. The Kier molecular flexibility index (Phi) is 7.79. The highest BCUT2D eigenvalue weighted by Gasteiger charge is 2.27. The number of imidazole rings is 1. The third-order valence-corrected chi connectivity index (χ3v) is 6.37. The maximum Gasteiger partial charge on any atom is 0.260 e. The summed E-state index contributed by atoms with van der Waals surface area (Å²) < 4.78 is 29.6. The maximum absolute atomic E-state index is 14.3. The zero-order valence-electron chi connectivity index (χ0n) is 20.8. The van der Waals surface area contributed by atoms with E-state index in [0.717, 1.165) is 42.5 Å². The molecule has 2 heterocycles. The van der Waals surface area contributed by atoms with Gasteiger partial charge in [-0.2, -0.15) is 0 Å². The molecule has 1 saturated heterocycles. The molecule has 2 amide bonds.